The number of hydrogen-bond acceptors (Lipinski definition) is 4. The van der Waals surface area contributed by atoms with E-state index in [0.717, 1.165) is 22.5 Å². The van der Waals surface area contributed by atoms with Crippen LogP contribution >= 0.6 is 11.8 Å². The average molecular weight is 384 g/mol. The van der Waals surface area contributed by atoms with Crippen LogP contribution in [0.5, 0.6) is 0 Å². The number of aromatic nitrogens is 3. The number of aryl methyl sites for hydroxylation is 1. The Balaban J connectivity index is 1.62. The summed E-state index contributed by atoms with van der Waals surface area (Å²) >= 11 is 1.36. The molecule has 27 heavy (non-hydrogen) atoms. The molecule has 0 fully saturated rings. The van der Waals surface area contributed by atoms with Gasteiger partial charge in [0.1, 0.15) is 5.82 Å². The van der Waals surface area contributed by atoms with Crippen LogP contribution in [0.15, 0.2) is 53.7 Å². The predicted octanol–water partition coefficient (Wildman–Crippen LogP) is 3.68. The largest absolute Gasteiger partial charge is 0.341 e. The van der Waals surface area contributed by atoms with Crippen LogP contribution in [0.25, 0.3) is 11.4 Å². The fourth-order valence-electron chi connectivity index (χ4n) is 2.69. The number of benzene rings is 2. The van der Waals surface area contributed by atoms with E-state index in [1.807, 2.05) is 42.8 Å². The predicted molar refractivity (Wildman–Crippen MR) is 105 cm³/mol. The van der Waals surface area contributed by atoms with Crippen LogP contribution in [0.3, 0.4) is 0 Å². The Kier molecular flexibility index (Phi) is 5.91. The van der Waals surface area contributed by atoms with Crippen molar-refractivity contribution in [1.82, 2.24) is 19.7 Å². The van der Waals surface area contributed by atoms with E-state index in [0.29, 0.717) is 11.7 Å². The number of hydrogen-bond donors (Lipinski definition) is 0. The van der Waals surface area contributed by atoms with Gasteiger partial charge in [-0.15, -0.1) is 10.2 Å². The lowest BCUT2D eigenvalue weighted by molar-refractivity contribution is -0.127. The first-order valence-corrected chi connectivity index (χ1v) is 9.51. The molecule has 5 nitrogen and oxygen atoms in total. The third-order valence-corrected chi connectivity index (χ3v) is 5.31. The summed E-state index contributed by atoms with van der Waals surface area (Å²) in [5.74, 6) is 0.736. The number of thioether (sulfide) groups is 1. The summed E-state index contributed by atoms with van der Waals surface area (Å²) in [6, 6.07) is 14.2. The zero-order valence-electron chi connectivity index (χ0n) is 15.5. The Morgan fingerprint density at radius 1 is 1.15 bits per heavy atom. The third-order valence-electron chi connectivity index (χ3n) is 4.30. The van der Waals surface area contributed by atoms with E-state index in [2.05, 4.69) is 10.2 Å². The summed E-state index contributed by atoms with van der Waals surface area (Å²) in [7, 11) is 3.64. The van der Waals surface area contributed by atoms with Gasteiger partial charge >= 0.3 is 0 Å². The standard InChI is InChI=1S/C20H21FN4OS/c1-14-6-4-5-7-17(14)19-22-23-20(25(19)3)27-13-18(26)24(2)12-15-8-10-16(21)11-9-15/h4-11H,12-13H2,1-3H3. The van der Waals surface area contributed by atoms with E-state index in [9.17, 15) is 9.18 Å². The van der Waals surface area contributed by atoms with E-state index < -0.39 is 0 Å². The van der Waals surface area contributed by atoms with E-state index >= 15 is 0 Å². The summed E-state index contributed by atoms with van der Waals surface area (Å²) in [5, 5.41) is 9.19. The minimum Gasteiger partial charge on any atom is -0.341 e. The normalized spacial score (nSPS) is 10.8. The van der Waals surface area contributed by atoms with Crippen LogP contribution in [0.4, 0.5) is 4.39 Å². The maximum Gasteiger partial charge on any atom is 0.233 e. The summed E-state index contributed by atoms with van der Waals surface area (Å²) in [6.07, 6.45) is 0. The monoisotopic (exact) mass is 384 g/mol. The molecule has 0 radical (unpaired) electrons. The van der Waals surface area contributed by atoms with Crippen molar-refractivity contribution in [3.8, 4) is 11.4 Å². The molecule has 0 bridgehead atoms. The topological polar surface area (TPSA) is 51.0 Å². The molecule has 2 aromatic carbocycles. The van der Waals surface area contributed by atoms with Crippen LogP contribution in [-0.4, -0.2) is 38.4 Å². The minimum atomic E-state index is -0.282. The van der Waals surface area contributed by atoms with Gasteiger partial charge in [-0.2, -0.15) is 0 Å². The number of carbonyl (C=O) groups is 1. The first-order valence-electron chi connectivity index (χ1n) is 8.52. The molecular weight excluding hydrogens is 363 g/mol. The molecule has 0 aliphatic carbocycles. The summed E-state index contributed by atoms with van der Waals surface area (Å²) in [4.78, 5) is 14.0. The number of nitrogens with zero attached hydrogens (tertiary/aromatic N) is 4. The molecule has 7 heteroatoms. The van der Waals surface area contributed by atoms with E-state index in [4.69, 9.17) is 0 Å². The second kappa shape index (κ2) is 8.35. The third kappa shape index (κ3) is 4.54. The fourth-order valence-corrected chi connectivity index (χ4v) is 3.54. The van der Waals surface area contributed by atoms with Crippen molar-refractivity contribution in [3.05, 3.63) is 65.5 Å². The summed E-state index contributed by atoms with van der Waals surface area (Å²) < 4.78 is 14.9. The Morgan fingerprint density at radius 3 is 2.56 bits per heavy atom. The SMILES string of the molecule is Cc1ccccc1-c1nnc(SCC(=O)N(C)Cc2ccc(F)cc2)n1C. The van der Waals surface area contributed by atoms with Gasteiger partial charge in [-0.3, -0.25) is 4.79 Å². The summed E-state index contributed by atoms with van der Waals surface area (Å²) in [5.41, 5.74) is 3.04. The number of carbonyl (C=O) groups excluding carboxylic acids is 1. The molecule has 0 saturated carbocycles. The Hall–Kier alpha value is -2.67. The van der Waals surface area contributed by atoms with Crippen molar-refractivity contribution in [1.29, 1.82) is 0 Å². The highest BCUT2D eigenvalue weighted by Crippen LogP contribution is 2.25. The highest BCUT2D eigenvalue weighted by molar-refractivity contribution is 7.99. The molecule has 3 rings (SSSR count). The Bertz CT molecular complexity index is 939. The van der Waals surface area contributed by atoms with Crippen LogP contribution in [0.2, 0.25) is 0 Å². The number of halogens is 1. The molecular formula is C20H21FN4OS. The van der Waals surface area contributed by atoms with Crippen molar-refractivity contribution < 1.29 is 9.18 Å². The van der Waals surface area contributed by atoms with Gasteiger partial charge in [0.15, 0.2) is 11.0 Å². The van der Waals surface area contributed by atoms with E-state index in [1.54, 1.807) is 24.1 Å². The smallest absolute Gasteiger partial charge is 0.233 e. The van der Waals surface area contributed by atoms with Crippen molar-refractivity contribution >= 4 is 17.7 Å². The first-order chi connectivity index (χ1) is 13.0. The highest BCUT2D eigenvalue weighted by atomic mass is 32.2. The maximum absolute atomic E-state index is 13.0. The lowest BCUT2D eigenvalue weighted by Gasteiger charge is -2.17. The highest BCUT2D eigenvalue weighted by Gasteiger charge is 2.16. The minimum absolute atomic E-state index is 0.0234. The van der Waals surface area contributed by atoms with Gasteiger partial charge in [0.2, 0.25) is 5.91 Å². The van der Waals surface area contributed by atoms with Gasteiger partial charge < -0.3 is 9.47 Å². The van der Waals surface area contributed by atoms with Gasteiger partial charge in [-0.25, -0.2) is 4.39 Å². The Labute approximate surface area is 162 Å². The molecule has 0 saturated heterocycles. The second-order valence-corrected chi connectivity index (χ2v) is 7.29. The van der Waals surface area contributed by atoms with Crippen molar-refractivity contribution in [2.24, 2.45) is 7.05 Å². The van der Waals surface area contributed by atoms with Gasteiger partial charge in [-0.05, 0) is 30.2 Å². The van der Waals surface area contributed by atoms with E-state index in [1.165, 1.54) is 23.9 Å². The number of amides is 1. The molecule has 0 spiro atoms. The van der Waals surface area contributed by atoms with Gasteiger partial charge in [0, 0.05) is 26.2 Å². The summed E-state index contributed by atoms with van der Waals surface area (Å²) in [6.45, 7) is 2.47. The molecule has 0 atom stereocenters. The van der Waals surface area contributed by atoms with Crippen LogP contribution in [0.1, 0.15) is 11.1 Å². The van der Waals surface area contributed by atoms with Gasteiger partial charge in [0.25, 0.3) is 0 Å². The molecule has 1 heterocycles. The van der Waals surface area contributed by atoms with Crippen molar-refractivity contribution in [2.75, 3.05) is 12.8 Å². The lowest BCUT2D eigenvalue weighted by atomic mass is 10.1. The molecule has 0 aliphatic rings. The van der Waals surface area contributed by atoms with Crippen LogP contribution in [0, 0.1) is 12.7 Å². The second-order valence-electron chi connectivity index (χ2n) is 6.35. The fraction of sp³-hybridized carbons (Fsp3) is 0.250. The Morgan fingerprint density at radius 2 is 1.85 bits per heavy atom. The quantitative estimate of drug-likeness (QED) is 0.609. The zero-order valence-corrected chi connectivity index (χ0v) is 16.3. The molecule has 1 aromatic heterocycles. The average Bonchev–Trinajstić information content (AvgIpc) is 3.02. The van der Waals surface area contributed by atoms with Crippen LogP contribution in [-0.2, 0) is 18.4 Å². The molecule has 0 unspecified atom stereocenters. The first kappa shape index (κ1) is 19.1. The van der Waals surface area contributed by atoms with Crippen LogP contribution < -0.4 is 0 Å². The molecule has 1 amide bonds. The van der Waals surface area contributed by atoms with Gasteiger partial charge in [0.05, 0.1) is 5.75 Å². The van der Waals surface area contributed by atoms with Crippen molar-refractivity contribution in [3.63, 3.8) is 0 Å². The van der Waals surface area contributed by atoms with E-state index in [-0.39, 0.29) is 17.5 Å². The maximum atomic E-state index is 13.0. The zero-order chi connectivity index (χ0) is 19.4. The van der Waals surface area contributed by atoms with Crippen molar-refractivity contribution in [2.45, 2.75) is 18.6 Å². The molecule has 0 N–H and O–H groups in total. The molecule has 3 aromatic rings. The molecule has 0 aliphatic heterocycles. The molecule has 140 valence electrons. The van der Waals surface area contributed by atoms with Gasteiger partial charge in [-0.1, -0.05) is 48.2 Å². The lowest BCUT2D eigenvalue weighted by Crippen LogP contribution is -2.27. The number of rotatable bonds is 6.